The first kappa shape index (κ1) is 15.0. The number of hydrogen-bond donors (Lipinski definition) is 1. The van der Waals surface area contributed by atoms with Gasteiger partial charge in [-0.25, -0.2) is 0 Å². The summed E-state index contributed by atoms with van der Waals surface area (Å²) in [6, 6.07) is 10.5. The molecule has 0 aromatic heterocycles. The Labute approximate surface area is 112 Å². The molecule has 0 amide bonds. The van der Waals surface area contributed by atoms with Gasteiger partial charge in [0.1, 0.15) is 12.4 Å². The van der Waals surface area contributed by atoms with Gasteiger partial charge in [0.25, 0.3) is 0 Å². The molecule has 1 unspecified atom stereocenters. The average Bonchev–Trinajstić information content (AvgIpc) is 2.33. The highest BCUT2D eigenvalue weighted by Crippen LogP contribution is 2.22. The van der Waals surface area contributed by atoms with E-state index in [1.54, 1.807) is 0 Å². The van der Waals surface area contributed by atoms with Gasteiger partial charge >= 0.3 is 0 Å². The Morgan fingerprint density at radius 1 is 1.17 bits per heavy atom. The van der Waals surface area contributed by atoms with Crippen LogP contribution in [-0.2, 0) is 0 Å². The van der Waals surface area contributed by atoms with Gasteiger partial charge in [-0.05, 0) is 36.9 Å². The summed E-state index contributed by atoms with van der Waals surface area (Å²) in [5.74, 6) is 0.955. The topological polar surface area (TPSA) is 21.3 Å². The predicted molar refractivity (Wildman–Crippen MR) is 78.1 cm³/mol. The highest BCUT2D eigenvalue weighted by Gasteiger charge is 2.15. The first-order chi connectivity index (χ1) is 8.51. The molecule has 1 N–H and O–H groups in total. The van der Waals surface area contributed by atoms with Crippen molar-refractivity contribution in [1.82, 2.24) is 5.32 Å². The molecule has 1 atom stereocenters. The van der Waals surface area contributed by atoms with Crippen LogP contribution >= 0.6 is 0 Å². The van der Waals surface area contributed by atoms with E-state index in [0.717, 1.165) is 25.3 Å². The lowest BCUT2D eigenvalue weighted by Gasteiger charge is -2.24. The lowest BCUT2D eigenvalue weighted by atomic mass is 9.89. The lowest BCUT2D eigenvalue weighted by Crippen LogP contribution is -2.35. The smallest absolute Gasteiger partial charge is 0.119 e. The van der Waals surface area contributed by atoms with E-state index in [9.17, 15) is 0 Å². The maximum Gasteiger partial charge on any atom is 0.119 e. The molecule has 2 heteroatoms. The molecule has 2 nitrogen and oxygen atoms in total. The number of rotatable bonds is 7. The zero-order valence-corrected chi connectivity index (χ0v) is 12.2. The third-order valence-corrected chi connectivity index (χ3v) is 2.93. The third kappa shape index (κ3) is 6.65. The largest absolute Gasteiger partial charge is 0.492 e. The van der Waals surface area contributed by atoms with Gasteiger partial charge in [0.15, 0.2) is 0 Å². The minimum atomic E-state index is 0.389. The number of likely N-dealkylation sites (N-methyl/N-ethyl adjacent to an activating group) is 1. The summed E-state index contributed by atoms with van der Waals surface area (Å²) in [7, 11) is 0. The summed E-state index contributed by atoms with van der Waals surface area (Å²) < 4.78 is 5.82. The molecule has 0 aliphatic rings. The highest BCUT2D eigenvalue weighted by molar-refractivity contribution is 5.20. The van der Waals surface area contributed by atoms with Crippen LogP contribution in [0.4, 0.5) is 0 Å². The Balaban J connectivity index is 2.38. The van der Waals surface area contributed by atoms with Crippen molar-refractivity contribution in [2.75, 3.05) is 13.2 Å². The summed E-state index contributed by atoms with van der Waals surface area (Å²) in [5, 5.41) is 3.50. The molecule has 0 aliphatic heterocycles. The van der Waals surface area contributed by atoms with Gasteiger partial charge in [0.2, 0.25) is 0 Å². The summed E-state index contributed by atoms with van der Waals surface area (Å²) in [6.45, 7) is 10.7. The zero-order chi connectivity index (χ0) is 13.4. The first-order valence-corrected chi connectivity index (χ1v) is 6.92. The van der Waals surface area contributed by atoms with E-state index >= 15 is 0 Å². The van der Waals surface area contributed by atoms with Gasteiger partial charge in [-0.1, -0.05) is 45.9 Å². The molecule has 0 heterocycles. The first-order valence-electron chi connectivity index (χ1n) is 6.92. The van der Waals surface area contributed by atoms with Crippen molar-refractivity contribution in [3.63, 3.8) is 0 Å². The minimum absolute atomic E-state index is 0.389. The van der Waals surface area contributed by atoms with Gasteiger partial charge < -0.3 is 10.1 Å². The average molecular weight is 249 g/mol. The Morgan fingerprint density at radius 3 is 2.39 bits per heavy atom. The summed E-state index contributed by atoms with van der Waals surface area (Å²) >= 11 is 0. The molecular formula is C16H27NO. The van der Waals surface area contributed by atoms with Crippen LogP contribution < -0.4 is 10.1 Å². The van der Waals surface area contributed by atoms with E-state index in [0.29, 0.717) is 11.5 Å². The van der Waals surface area contributed by atoms with Gasteiger partial charge in [-0.3, -0.25) is 0 Å². The van der Waals surface area contributed by atoms with Gasteiger partial charge in [-0.2, -0.15) is 0 Å². The highest BCUT2D eigenvalue weighted by atomic mass is 16.5. The fourth-order valence-electron chi connectivity index (χ4n) is 1.85. The minimum Gasteiger partial charge on any atom is -0.492 e. The molecule has 0 bridgehead atoms. The molecule has 0 radical (unpaired) electrons. The third-order valence-electron chi connectivity index (χ3n) is 2.93. The number of para-hydroxylation sites is 1. The molecule has 1 aromatic carbocycles. The molecule has 0 saturated heterocycles. The predicted octanol–water partition coefficient (Wildman–Crippen LogP) is 3.87. The number of benzene rings is 1. The molecule has 1 rings (SSSR count). The van der Waals surface area contributed by atoms with E-state index in [-0.39, 0.29) is 0 Å². The second-order valence-corrected chi connectivity index (χ2v) is 5.98. The summed E-state index contributed by atoms with van der Waals surface area (Å²) in [5.41, 5.74) is 0.389. The number of hydrogen-bond acceptors (Lipinski definition) is 2. The fraction of sp³-hybridized carbons (Fsp3) is 0.625. The van der Waals surface area contributed by atoms with E-state index in [1.165, 1.54) is 6.42 Å². The van der Waals surface area contributed by atoms with Crippen molar-refractivity contribution in [2.45, 2.75) is 46.6 Å². The zero-order valence-electron chi connectivity index (χ0n) is 12.2. The van der Waals surface area contributed by atoms with Gasteiger partial charge in [-0.15, -0.1) is 0 Å². The van der Waals surface area contributed by atoms with Crippen LogP contribution in [0.2, 0.25) is 0 Å². The van der Waals surface area contributed by atoms with E-state index in [4.69, 9.17) is 4.74 Å². The SMILES string of the molecule is CCNC(CCC(C)(C)C)COc1ccccc1. The van der Waals surface area contributed by atoms with Crippen LogP contribution in [0.5, 0.6) is 5.75 Å². The standard InChI is InChI=1S/C16H27NO/c1-5-17-14(11-12-16(2,3)4)13-18-15-9-7-6-8-10-15/h6-10,14,17H,5,11-13H2,1-4H3. The van der Waals surface area contributed by atoms with E-state index in [2.05, 4.69) is 33.0 Å². The van der Waals surface area contributed by atoms with Crippen LogP contribution in [0.25, 0.3) is 0 Å². The van der Waals surface area contributed by atoms with Crippen LogP contribution in [0.3, 0.4) is 0 Å². The summed E-state index contributed by atoms with van der Waals surface area (Å²) in [6.07, 6.45) is 2.37. The van der Waals surface area contributed by atoms with E-state index < -0.39 is 0 Å². The molecule has 0 aliphatic carbocycles. The Hall–Kier alpha value is -1.02. The van der Waals surface area contributed by atoms with Crippen molar-refractivity contribution in [3.05, 3.63) is 30.3 Å². The van der Waals surface area contributed by atoms with E-state index in [1.807, 2.05) is 30.3 Å². The van der Waals surface area contributed by atoms with Crippen molar-refractivity contribution in [3.8, 4) is 5.75 Å². The van der Waals surface area contributed by atoms with Gasteiger partial charge in [0.05, 0.1) is 0 Å². The molecule has 0 spiro atoms. The van der Waals surface area contributed by atoms with Crippen LogP contribution in [-0.4, -0.2) is 19.2 Å². The lowest BCUT2D eigenvalue weighted by molar-refractivity contribution is 0.237. The number of nitrogens with one attached hydrogen (secondary N) is 1. The molecule has 102 valence electrons. The summed E-state index contributed by atoms with van der Waals surface area (Å²) in [4.78, 5) is 0. The quantitative estimate of drug-likeness (QED) is 0.792. The Kier molecular flexibility index (Phi) is 6.20. The molecule has 18 heavy (non-hydrogen) atoms. The molecule has 0 fully saturated rings. The van der Waals surface area contributed by atoms with Crippen molar-refractivity contribution in [2.24, 2.45) is 5.41 Å². The van der Waals surface area contributed by atoms with Gasteiger partial charge in [0, 0.05) is 6.04 Å². The van der Waals surface area contributed by atoms with Crippen molar-refractivity contribution in [1.29, 1.82) is 0 Å². The van der Waals surface area contributed by atoms with Crippen LogP contribution in [0.1, 0.15) is 40.5 Å². The Bertz CT molecular complexity index is 316. The molecular weight excluding hydrogens is 222 g/mol. The number of ether oxygens (including phenoxy) is 1. The Morgan fingerprint density at radius 2 is 1.83 bits per heavy atom. The molecule has 0 saturated carbocycles. The van der Waals surface area contributed by atoms with Crippen molar-refractivity contribution < 1.29 is 4.74 Å². The molecule has 1 aromatic rings. The van der Waals surface area contributed by atoms with Crippen LogP contribution in [0, 0.1) is 5.41 Å². The van der Waals surface area contributed by atoms with Crippen LogP contribution in [0.15, 0.2) is 30.3 Å². The second-order valence-electron chi connectivity index (χ2n) is 5.98. The monoisotopic (exact) mass is 249 g/mol. The fourth-order valence-corrected chi connectivity index (χ4v) is 1.85. The maximum absolute atomic E-state index is 5.82. The normalized spacial score (nSPS) is 13.3. The maximum atomic E-state index is 5.82. The van der Waals surface area contributed by atoms with Crippen molar-refractivity contribution >= 4 is 0 Å². The second kappa shape index (κ2) is 7.42.